The number of aromatic hydroxyl groups is 1. The van der Waals surface area contributed by atoms with Crippen LogP contribution in [0.25, 0.3) is 6.08 Å². The lowest BCUT2D eigenvalue weighted by atomic mass is 9.61. The Morgan fingerprint density at radius 1 is 1.02 bits per heavy atom. The number of carbonyl (C=O) groups is 5. The topological polar surface area (TPSA) is 148 Å². The van der Waals surface area contributed by atoms with E-state index in [0.717, 1.165) is 10.5 Å². The van der Waals surface area contributed by atoms with Crippen LogP contribution < -0.4 is 14.4 Å². The van der Waals surface area contributed by atoms with Gasteiger partial charge in [-0.2, -0.15) is 0 Å². The van der Waals surface area contributed by atoms with Crippen molar-refractivity contribution in [2.75, 3.05) is 19.1 Å². The molecule has 1 saturated heterocycles. The molecule has 224 valence electrons. The molecule has 4 unspecified atom stereocenters. The van der Waals surface area contributed by atoms with Gasteiger partial charge in [-0.15, -0.1) is 0 Å². The predicted molar refractivity (Wildman–Crippen MR) is 161 cm³/mol. The fourth-order valence-corrected chi connectivity index (χ4v) is 7.18. The number of methoxy groups -OCH3 is 2. The van der Waals surface area contributed by atoms with Gasteiger partial charge in [0, 0.05) is 23.1 Å². The van der Waals surface area contributed by atoms with Gasteiger partial charge >= 0.3 is 5.97 Å². The molecule has 0 bridgehead atoms. The van der Waals surface area contributed by atoms with Gasteiger partial charge in [0.15, 0.2) is 23.1 Å². The number of carboxylic acids is 1. The molecule has 6 rings (SSSR count). The lowest BCUT2D eigenvalue weighted by Crippen LogP contribution is -2.40. The summed E-state index contributed by atoms with van der Waals surface area (Å²) in [5.74, 6) is -5.29. The standard InChI is InChI=1S/C33H26BrNO9/c1-43-25-10-15(11-26(44-2)30(25)38)6-7-19-18-8-9-20-28(21(18)13-22-27(19)24(36)14-23(34)29(22)37)32(40)35(31(20)39)17-5-3-4-16(12-17)33(41)42/h3-8,10-12,14,19-21,28,38H,9,13H2,1-2H3,(H,41,42). The number of benzene rings is 2. The monoisotopic (exact) mass is 659 g/mol. The SMILES string of the molecule is COc1cc(C=CC2C3=CCC4C(=O)N(c5cccc(C(=O)O)c5)C(=O)C4C3CC3=C2C(=O)C=C(Br)C3=O)cc(OC)c1O. The van der Waals surface area contributed by atoms with Crippen LogP contribution in [0.1, 0.15) is 28.8 Å². The minimum atomic E-state index is -1.18. The van der Waals surface area contributed by atoms with Gasteiger partial charge in [0.2, 0.25) is 17.6 Å². The summed E-state index contributed by atoms with van der Waals surface area (Å²) >= 11 is 3.21. The van der Waals surface area contributed by atoms with Crippen LogP contribution in [0.15, 0.2) is 75.8 Å². The van der Waals surface area contributed by atoms with Crippen LogP contribution in [-0.2, 0) is 19.2 Å². The predicted octanol–water partition coefficient (Wildman–Crippen LogP) is 4.62. The first-order chi connectivity index (χ1) is 21.0. The normalized spacial score (nSPS) is 24.6. The van der Waals surface area contributed by atoms with Gasteiger partial charge in [-0.25, -0.2) is 4.79 Å². The third kappa shape index (κ3) is 4.59. The molecule has 0 saturated carbocycles. The summed E-state index contributed by atoms with van der Waals surface area (Å²) in [5.41, 5.74) is 2.07. The molecule has 2 amide bonds. The highest BCUT2D eigenvalue weighted by molar-refractivity contribution is 9.12. The van der Waals surface area contributed by atoms with Gasteiger partial charge in [0.05, 0.1) is 41.8 Å². The second-order valence-corrected chi connectivity index (χ2v) is 11.8. The smallest absolute Gasteiger partial charge is 0.335 e. The zero-order valence-electron chi connectivity index (χ0n) is 23.6. The van der Waals surface area contributed by atoms with Gasteiger partial charge in [-0.1, -0.05) is 29.9 Å². The molecular formula is C33H26BrNO9. The highest BCUT2D eigenvalue weighted by atomic mass is 79.9. The van der Waals surface area contributed by atoms with Crippen molar-refractivity contribution in [2.45, 2.75) is 12.8 Å². The van der Waals surface area contributed by atoms with E-state index in [1.54, 1.807) is 24.3 Å². The zero-order valence-corrected chi connectivity index (χ0v) is 25.2. The van der Waals surface area contributed by atoms with Crippen LogP contribution in [0.2, 0.25) is 0 Å². The molecule has 1 fully saturated rings. The van der Waals surface area contributed by atoms with Crippen LogP contribution in [0.5, 0.6) is 17.2 Å². The number of carboxylic acid groups (broad SMARTS) is 1. The number of amides is 2. The Labute approximate surface area is 260 Å². The van der Waals surface area contributed by atoms with Gasteiger partial charge in [-0.3, -0.25) is 24.1 Å². The first-order valence-electron chi connectivity index (χ1n) is 13.8. The van der Waals surface area contributed by atoms with Crippen molar-refractivity contribution in [1.29, 1.82) is 0 Å². The van der Waals surface area contributed by atoms with E-state index in [9.17, 15) is 34.2 Å². The summed E-state index contributed by atoms with van der Waals surface area (Å²) in [6, 6.07) is 8.87. The van der Waals surface area contributed by atoms with Crippen LogP contribution in [-0.4, -0.2) is 53.8 Å². The number of Topliss-reactive ketones (excluding diaryl/α,β-unsaturated/α-hetero) is 1. The summed E-state index contributed by atoms with van der Waals surface area (Å²) < 4.78 is 10.7. The number of fused-ring (bicyclic) bond motifs is 3. The molecule has 1 aliphatic heterocycles. The van der Waals surface area contributed by atoms with Gasteiger partial charge in [0.25, 0.3) is 0 Å². The van der Waals surface area contributed by atoms with Crippen molar-refractivity contribution >= 4 is 57.0 Å². The molecule has 4 atom stereocenters. The third-order valence-electron chi connectivity index (χ3n) is 8.71. The highest BCUT2D eigenvalue weighted by Crippen LogP contribution is 2.53. The molecule has 11 heteroatoms. The molecule has 4 aliphatic rings. The number of ether oxygens (including phenoxy) is 2. The maximum atomic E-state index is 14.0. The number of ketones is 2. The second-order valence-electron chi connectivity index (χ2n) is 10.9. The quantitative estimate of drug-likeness (QED) is 0.257. The summed E-state index contributed by atoms with van der Waals surface area (Å²) in [5, 5.41) is 19.8. The average molecular weight is 660 g/mol. The van der Waals surface area contributed by atoms with E-state index in [-0.39, 0.29) is 63.0 Å². The van der Waals surface area contributed by atoms with E-state index in [1.807, 2.05) is 6.08 Å². The molecular weight excluding hydrogens is 634 g/mol. The molecule has 0 radical (unpaired) electrons. The number of carbonyl (C=O) groups excluding carboxylic acids is 4. The number of hydrogen-bond donors (Lipinski definition) is 2. The Hall–Kier alpha value is -4.77. The van der Waals surface area contributed by atoms with E-state index >= 15 is 0 Å². The molecule has 0 aromatic heterocycles. The van der Waals surface area contributed by atoms with Crippen molar-refractivity contribution < 1.29 is 43.7 Å². The molecule has 2 aromatic rings. The van der Waals surface area contributed by atoms with E-state index in [1.165, 1.54) is 44.6 Å². The Bertz CT molecular complexity index is 1770. The minimum absolute atomic E-state index is 0.0557. The van der Waals surface area contributed by atoms with Crippen LogP contribution in [0.4, 0.5) is 5.69 Å². The number of rotatable bonds is 6. The number of nitrogens with zero attached hydrogens (tertiary/aromatic N) is 1. The number of anilines is 1. The van der Waals surface area contributed by atoms with Crippen LogP contribution >= 0.6 is 15.9 Å². The Balaban J connectivity index is 1.43. The van der Waals surface area contributed by atoms with Crippen molar-refractivity contribution in [2.24, 2.45) is 23.7 Å². The lowest BCUT2D eigenvalue weighted by molar-refractivity contribution is -0.123. The van der Waals surface area contributed by atoms with E-state index in [2.05, 4.69) is 15.9 Å². The summed E-state index contributed by atoms with van der Waals surface area (Å²) in [6.45, 7) is 0. The maximum absolute atomic E-state index is 14.0. The fraction of sp³-hybridized carbons (Fsp3) is 0.242. The largest absolute Gasteiger partial charge is 0.502 e. The summed E-state index contributed by atoms with van der Waals surface area (Å²) in [4.78, 5) is 67.0. The lowest BCUT2D eigenvalue weighted by Gasteiger charge is -2.41. The Kier molecular flexibility index (Phi) is 7.36. The fourth-order valence-electron chi connectivity index (χ4n) is 6.73. The van der Waals surface area contributed by atoms with Crippen LogP contribution in [0.3, 0.4) is 0 Å². The number of phenols is 1. The van der Waals surface area contributed by atoms with E-state index in [4.69, 9.17) is 9.47 Å². The van der Waals surface area contributed by atoms with Crippen molar-refractivity contribution in [3.05, 3.63) is 87.0 Å². The maximum Gasteiger partial charge on any atom is 0.335 e. The van der Waals surface area contributed by atoms with Crippen molar-refractivity contribution in [3.8, 4) is 17.2 Å². The van der Waals surface area contributed by atoms with Crippen molar-refractivity contribution in [1.82, 2.24) is 0 Å². The number of hydrogen-bond acceptors (Lipinski definition) is 8. The number of phenolic OH excluding ortho intramolecular Hbond substituents is 1. The molecule has 44 heavy (non-hydrogen) atoms. The van der Waals surface area contributed by atoms with Gasteiger partial charge in [-0.05, 0) is 70.6 Å². The molecule has 1 heterocycles. The minimum Gasteiger partial charge on any atom is -0.502 e. The first-order valence-corrected chi connectivity index (χ1v) is 14.6. The molecule has 2 aromatic carbocycles. The second kappa shape index (κ2) is 11.1. The number of allylic oxidation sites excluding steroid dienone is 7. The van der Waals surface area contributed by atoms with Gasteiger partial charge < -0.3 is 19.7 Å². The molecule has 10 nitrogen and oxygen atoms in total. The summed E-state index contributed by atoms with van der Waals surface area (Å²) in [6.07, 6.45) is 6.98. The first kappa shape index (κ1) is 29.3. The Morgan fingerprint density at radius 2 is 1.73 bits per heavy atom. The third-order valence-corrected chi connectivity index (χ3v) is 9.30. The zero-order chi connectivity index (χ0) is 31.4. The molecule has 3 aliphatic carbocycles. The molecule has 2 N–H and O–H groups in total. The van der Waals surface area contributed by atoms with E-state index < -0.39 is 41.5 Å². The number of aromatic carboxylic acids is 1. The molecule has 0 spiro atoms. The van der Waals surface area contributed by atoms with Crippen LogP contribution in [0, 0.1) is 23.7 Å². The Morgan fingerprint density at radius 3 is 2.39 bits per heavy atom. The number of imide groups is 1. The number of halogens is 1. The summed E-state index contributed by atoms with van der Waals surface area (Å²) in [7, 11) is 2.82. The van der Waals surface area contributed by atoms with Gasteiger partial charge in [0.1, 0.15) is 0 Å². The average Bonchev–Trinajstić information content (AvgIpc) is 3.27. The van der Waals surface area contributed by atoms with Crippen molar-refractivity contribution in [3.63, 3.8) is 0 Å². The highest BCUT2D eigenvalue weighted by Gasteiger charge is 2.56. The van der Waals surface area contributed by atoms with E-state index in [0.29, 0.717) is 11.1 Å².